The second-order valence-electron chi connectivity index (χ2n) is 4.18. The van der Waals surface area contributed by atoms with Crippen LogP contribution in [0.1, 0.15) is 20.8 Å². The van der Waals surface area contributed by atoms with Crippen LogP contribution in [0.3, 0.4) is 0 Å². The minimum atomic E-state index is -0.137. The van der Waals surface area contributed by atoms with Gasteiger partial charge in [-0.3, -0.25) is 9.78 Å². The quantitative estimate of drug-likeness (QED) is 0.755. The molecular weight excluding hydrogens is 204 g/mol. The first-order valence-electron chi connectivity index (χ1n) is 5.26. The molecule has 0 saturated heterocycles. The summed E-state index contributed by atoms with van der Waals surface area (Å²) in [5, 5.41) is 5.58. The number of rotatable bonds is 2. The van der Waals surface area contributed by atoms with Crippen molar-refractivity contribution in [2.45, 2.75) is 20.8 Å². The van der Waals surface area contributed by atoms with Crippen LogP contribution >= 0.6 is 0 Å². The molecule has 84 valence electrons. The predicted octanol–water partition coefficient (Wildman–Crippen LogP) is 1.47. The van der Waals surface area contributed by atoms with Gasteiger partial charge in [0.25, 0.3) is 5.91 Å². The molecule has 1 aromatic heterocycles. The number of carbonyl (C=O) groups excluding carboxylic acids is 1. The highest BCUT2D eigenvalue weighted by Crippen LogP contribution is 2.26. The first-order chi connectivity index (χ1) is 7.61. The van der Waals surface area contributed by atoms with Crippen LogP contribution in [0.4, 0.5) is 5.82 Å². The lowest BCUT2D eigenvalue weighted by atomic mass is 9.92. The van der Waals surface area contributed by atoms with E-state index < -0.39 is 0 Å². The average Bonchev–Trinajstić information content (AvgIpc) is 2.55. The SMILES string of the molecule is CC1=NN(c2cnccn2)C(=O)C1C(C)C. The van der Waals surface area contributed by atoms with Crippen molar-refractivity contribution in [3.8, 4) is 0 Å². The maximum absolute atomic E-state index is 12.1. The molecule has 2 rings (SSSR count). The van der Waals surface area contributed by atoms with Gasteiger partial charge in [-0.05, 0) is 12.8 Å². The zero-order chi connectivity index (χ0) is 11.7. The summed E-state index contributed by atoms with van der Waals surface area (Å²) in [6.45, 7) is 5.91. The molecule has 0 N–H and O–H groups in total. The molecular formula is C11H14N4O. The fourth-order valence-electron chi connectivity index (χ4n) is 1.91. The highest BCUT2D eigenvalue weighted by atomic mass is 16.2. The van der Waals surface area contributed by atoms with Crippen molar-refractivity contribution in [2.24, 2.45) is 16.9 Å². The molecule has 1 aromatic rings. The predicted molar refractivity (Wildman–Crippen MR) is 61.0 cm³/mol. The van der Waals surface area contributed by atoms with Crippen LogP contribution in [0.2, 0.25) is 0 Å². The number of hydrogen-bond acceptors (Lipinski definition) is 4. The van der Waals surface area contributed by atoms with E-state index in [4.69, 9.17) is 0 Å². The topological polar surface area (TPSA) is 58.5 Å². The number of anilines is 1. The molecule has 16 heavy (non-hydrogen) atoms. The van der Waals surface area contributed by atoms with Gasteiger partial charge in [0, 0.05) is 18.1 Å². The molecule has 1 aliphatic rings. The van der Waals surface area contributed by atoms with Gasteiger partial charge in [-0.15, -0.1) is 0 Å². The van der Waals surface area contributed by atoms with Gasteiger partial charge >= 0.3 is 0 Å². The summed E-state index contributed by atoms with van der Waals surface area (Å²) in [7, 11) is 0. The Labute approximate surface area is 94.2 Å². The summed E-state index contributed by atoms with van der Waals surface area (Å²) >= 11 is 0. The molecule has 5 nitrogen and oxygen atoms in total. The largest absolute Gasteiger partial charge is 0.272 e. The molecule has 1 aliphatic heterocycles. The number of carbonyl (C=O) groups is 1. The highest BCUT2D eigenvalue weighted by molar-refractivity contribution is 6.14. The van der Waals surface area contributed by atoms with Gasteiger partial charge in [0.15, 0.2) is 5.82 Å². The maximum Gasteiger partial charge on any atom is 0.257 e. The number of hydrogen-bond donors (Lipinski definition) is 0. The first kappa shape index (κ1) is 10.7. The van der Waals surface area contributed by atoms with E-state index in [0.29, 0.717) is 5.82 Å². The zero-order valence-electron chi connectivity index (χ0n) is 9.58. The van der Waals surface area contributed by atoms with E-state index in [1.807, 2.05) is 20.8 Å². The Kier molecular flexibility index (Phi) is 2.68. The van der Waals surface area contributed by atoms with Gasteiger partial charge in [-0.1, -0.05) is 13.8 Å². The van der Waals surface area contributed by atoms with Crippen molar-refractivity contribution in [3.63, 3.8) is 0 Å². The Morgan fingerprint density at radius 1 is 1.38 bits per heavy atom. The Morgan fingerprint density at radius 3 is 2.62 bits per heavy atom. The van der Waals surface area contributed by atoms with Gasteiger partial charge in [0.1, 0.15) is 0 Å². The molecule has 0 aliphatic carbocycles. The van der Waals surface area contributed by atoms with Gasteiger partial charge in [0.2, 0.25) is 0 Å². The molecule has 1 amide bonds. The lowest BCUT2D eigenvalue weighted by Gasteiger charge is -2.15. The molecule has 5 heteroatoms. The van der Waals surface area contributed by atoms with E-state index in [0.717, 1.165) is 5.71 Å². The molecule has 0 saturated carbocycles. The monoisotopic (exact) mass is 218 g/mol. The fourth-order valence-corrected chi connectivity index (χ4v) is 1.91. The average molecular weight is 218 g/mol. The minimum Gasteiger partial charge on any atom is -0.272 e. The first-order valence-corrected chi connectivity index (χ1v) is 5.26. The third-order valence-electron chi connectivity index (χ3n) is 2.62. The van der Waals surface area contributed by atoms with E-state index >= 15 is 0 Å². The number of aromatic nitrogens is 2. The molecule has 0 aromatic carbocycles. The minimum absolute atomic E-state index is 0.0204. The third kappa shape index (κ3) is 1.68. The van der Waals surface area contributed by atoms with Crippen molar-refractivity contribution in [2.75, 3.05) is 5.01 Å². The zero-order valence-corrected chi connectivity index (χ0v) is 9.58. The number of amides is 1. The van der Waals surface area contributed by atoms with Gasteiger partial charge in [-0.25, -0.2) is 4.98 Å². The summed E-state index contributed by atoms with van der Waals surface area (Å²) in [6.07, 6.45) is 4.66. The summed E-state index contributed by atoms with van der Waals surface area (Å²) in [4.78, 5) is 20.1. The van der Waals surface area contributed by atoms with Crippen LogP contribution in [0.15, 0.2) is 23.7 Å². The molecule has 1 unspecified atom stereocenters. The number of hydrazone groups is 1. The molecule has 1 atom stereocenters. The van der Waals surface area contributed by atoms with Crippen molar-refractivity contribution in [1.29, 1.82) is 0 Å². The lowest BCUT2D eigenvalue weighted by molar-refractivity contribution is -0.120. The Hall–Kier alpha value is -1.78. The molecule has 0 spiro atoms. The summed E-state index contributed by atoms with van der Waals surface area (Å²) in [5.41, 5.74) is 0.839. The van der Waals surface area contributed by atoms with Crippen LogP contribution < -0.4 is 5.01 Å². The summed E-state index contributed by atoms with van der Waals surface area (Å²) in [5.74, 6) is 0.572. The van der Waals surface area contributed by atoms with E-state index in [1.54, 1.807) is 12.4 Å². The Morgan fingerprint density at radius 2 is 2.12 bits per heavy atom. The molecule has 0 fully saturated rings. The highest BCUT2D eigenvalue weighted by Gasteiger charge is 2.36. The van der Waals surface area contributed by atoms with Crippen molar-refractivity contribution in [3.05, 3.63) is 18.6 Å². The molecule has 0 bridgehead atoms. The van der Waals surface area contributed by atoms with Crippen LogP contribution in [-0.2, 0) is 4.79 Å². The summed E-state index contributed by atoms with van der Waals surface area (Å²) in [6, 6.07) is 0. The van der Waals surface area contributed by atoms with E-state index in [1.165, 1.54) is 11.2 Å². The third-order valence-corrected chi connectivity index (χ3v) is 2.62. The van der Waals surface area contributed by atoms with Gasteiger partial charge in [0.05, 0.1) is 12.1 Å². The van der Waals surface area contributed by atoms with Crippen LogP contribution in [0.25, 0.3) is 0 Å². The summed E-state index contributed by atoms with van der Waals surface area (Å²) < 4.78 is 0. The normalized spacial score (nSPS) is 20.5. The maximum atomic E-state index is 12.1. The van der Waals surface area contributed by atoms with E-state index in [2.05, 4.69) is 15.1 Å². The van der Waals surface area contributed by atoms with Crippen molar-refractivity contribution in [1.82, 2.24) is 9.97 Å². The second kappa shape index (κ2) is 4.00. The Balaban J connectivity index is 2.31. The van der Waals surface area contributed by atoms with Crippen molar-refractivity contribution >= 4 is 17.4 Å². The molecule has 0 radical (unpaired) electrons. The lowest BCUT2D eigenvalue weighted by Crippen LogP contribution is -2.30. The standard InChI is InChI=1S/C11H14N4O/c1-7(2)10-8(3)14-15(11(10)16)9-6-12-4-5-13-9/h4-7,10H,1-3H3. The van der Waals surface area contributed by atoms with Crippen molar-refractivity contribution < 1.29 is 4.79 Å². The molecule has 2 heterocycles. The van der Waals surface area contributed by atoms with Gasteiger partial charge < -0.3 is 0 Å². The van der Waals surface area contributed by atoms with Crippen LogP contribution in [-0.4, -0.2) is 21.6 Å². The van der Waals surface area contributed by atoms with E-state index in [-0.39, 0.29) is 17.7 Å². The number of nitrogens with zero attached hydrogens (tertiary/aromatic N) is 4. The second-order valence-corrected chi connectivity index (χ2v) is 4.18. The van der Waals surface area contributed by atoms with Crippen LogP contribution in [0.5, 0.6) is 0 Å². The smallest absolute Gasteiger partial charge is 0.257 e. The Bertz CT molecular complexity index is 427. The van der Waals surface area contributed by atoms with E-state index in [9.17, 15) is 4.79 Å². The fraction of sp³-hybridized carbons (Fsp3) is 0.455. The van der Waals surface area contributed by atoms with Gasteiger partial charge in [-0.2, -0.15) is 10.1 Å². The van der Waals surface area contributed by atoms with Crippen LogP contribution in [0, 0.1) is 11.8 Å².